The maximum absolute atomic E-state index is 13.1. The van der Waals surface area contributed by atoms with E-state index >= 15 is 0 Å². The molecular formula is C23H25NO4S. The summed E-state index contributed by atoms with van der Waals surface area (Å²) in [4.78, 5) is 11.6. The lowest BCUT2D eigenvalue weighted by atomic mass is 10.0. The molecular weight excluding hydrogens is 386 g/mol. The van der Waals surface area contributed by atoms with Crippen LogP contribution in [0.25, 0.3) is 10.8 Å². The van der Waals surface area contributed by atoms with Crippen LogP contribution in [-0.4, -0.2) is 32.2 Å². The molecule has 0 heterocycles. The fraction of sp³-hybridized carbons (Fsp3) is 0.261. The summed E-state index contributed by atoms with van der Waals surface area (Å²) in [6.07, 6.45) is 0.864. The lowest BCUT2D eigenvalue weighted by Gasteiger charge is -2.21. The maximum Gasteiger partial charge on any atom is 0.243 e. The summed E-state index contributed by atoms with van der Waals surface area (Å²) in [6, 6.07) is 17.8. The fourth-order valence-corrected chi connectivity index (χ4v) is 4.31. The van der Waals surface area contributed by atoms with E-state index in [4.69, 9.17) is 4.74 Å². The average molecular weight is 412 g/mol. The highest BCUT2D eigenvalue weighted by atomic mass is 32.2. The van der Waals surface area contributed by atoms with Gasteiger partial charge in [-0.15, -0.1) is 0 Å². The molecule has 0 N–H and O–H groups in total. The van der Waals surface area contributed by atoms with Crippen LogP contribution in [0, 0.1) is 0 Å². The molecule has 0 aliphatic rings. The minimum absolute atomic E-state index is 0.101. The number of Topliss-reactive ketones (excluding diaryl/α,β-unsaturated/α-hetero) is 1. The van der Waals surface area contributed by atoms with E-state index in [1.165, 1.54) is 35.5 Å². The zero-order valence-electron chi connectivity index (χ0n) is 16.9. The first kappa shape index (κ1) is 21.0. The third kappa shape index (κ3) is 4.49. The molecule has 0 spiro atoms. The molecule has 0 aromatic heterocycles. The topological polar surface area (TPSA) is 63.7 Å². The lowest BCUT2D eigenvalue weighted by Crippen LogP contribution is -2.27. The average Bonchev–Trinajstić information content (AvgIpc) is 2.73. The van der Waals surface area contributed by atoms with E-state index in [0.717, 1.165) is 22.8 Å². The van der Waals surface area contributed by atoms with Gasteiger partial charge in [-0.05, 0) is 42.3 Å². The number of sulfonamides is 1. The molecule has 0 atom stereocenters. The number of ether oxygens (including phenoxy) is 1. The summed E-state index contributed by atoms with van der Waals surface area (Å²) in [5.41, 5.74) is 1.32. The van der Waals surface area contributed by atoms with Gasteiger partial charge in [-0.25, -0.2) is 8.42 Å². The maximum atomic E-state index is 13.1. The third-order valence-corrected chi connectivity index (χ3v) is 6.63. The van der Waals surface area contributed by atoms with Crippen LogP contribution in [0.1, 0.15) is 36.2 Å². The van der Waals surface area contributed by atoms with Crippen molar-refractivity contribution in [3.05, 3.63) is 71.8 Å². The van der Waals surface area contributed by atoms with Crippen molar-refractivity contribution in [3.63, 3.8) is 0 Å². The molecule has 0 unspecified atom stereocenters. The van der Waals surface area contributed by atoms with Crippen LogP contribution < -0.4 is 4.74 Å². The summed E-state index contributed by atoms with van der Waals surface area (Å²) >= 11 is 0. The number of ketones is 1. The summed E-state index contributed by atoms with van der Waals surface area (Å²) < 4.78 is 33.4. The highest BCUT2D eigenvalue weighted by Crippen LogP contribution is 2.30. The molecule has 3 aromatic rings. The second-order valence-corrected chi connectivity index (χ2v) is 9.00. The number of carbonyl (C=O) groups excluding carboxylic acids is 1. The quantitative estimate of drug-likeness (QED) is 0.506. The lowest BCUT2D eigenvalue weighted by molar-refractivity contribution is 0.101. The van der Waals surface area contributed by atoms with Crippen molar-refractivity contribution in [2.24, 2.45) is 0 Å². The van der Waals surface area contributed by atoms with Gasteiger partial charge in [-0.1, -0.05) is 49.4 Å². The van der Waals surface area contributed by atoms with Gasteiger partial charge >= 0.3 is 0 Å². The van der Waals surface area contributed by atoms with Crippen molar-refractivity contribution < 1.29 is 17.9 Å². The number of carbonyl (C=O) groups is 1. The van der Waals surface area contributed by atoms with Crippen molar-refractivity contribution in [1.82, 2.24) is 4.31 Å². The largest absolute Gasteiger partial charge is 0.493 e. The number of fused-ring (bicyclic) bond motifs is 1. The summed E-state index contributed by atoms with van der Waals surface area (Å²) in [5.74, 6) is 0.593. The highest BCUT2D eigenvalue weighted by Gasteiger charge is 2.23. The predicted octanol–water partition coefficient (Wildman–Crippen LogP) is 4.65. The molecule has 3 rings (SSSR count). The molecule has 0 radical (unpaired) electrons. The van der Waals surface area contributed by atoms with Crippen molar-refractivity contribution in [1.29, 1.82) is 0 Å². The minimum Gasteiger partial charge on any atom is -0.493 e. The van der Waals surface area contributed by atoms with Gasteiger partial charge < -0.3 is 4.74 Å². The molecule has 5 nitrogen and oxygen atoms in total. The number of benzene rings is 3. The molecule has 152 valence electrons. The molecule has 6 heteroatoms. The van der Waals surface area contributed by atoms with E-state index in [2.05, 4.69) is 0 Å². The zero-order chi connectivity index (χ0) is 21.0. The van der Waals surface area contributed by atoms with Gasteiger partial charge in [0.15, 0.2) is 5.78 Å². The first-order valence-electron chi connectivity index (χ1n) is 9.55. The summed E-state index contributed by atoms with van der Waals surface area (Å²) in [7, 11) is -2.16. The molecule has 0 amide bonds. The Labute approximate surface area is 172 Å². The molecule has 29 heavy (non-hydrogen) atoms. The Balaban J connectivity index is 1.97. The van der Waals surface area contributed by atoms with Crippen LogP contribution in [-0.2, 0) is 16.6 Å². The van der Waals surface area contributed by atoms with E-state index < -0.39 is 10.0 Å². The van der Waals surface area contributed by atoms with Crippen molar-refractivity contribution in [2.75, 3.05) is 13.7 Å². The Morgan fingerprint density at radius 1 is 1.00 bits per heavy atom. The Morgan fingerprint density at radius 2 is 1.69 bits per heavy atom. The summed E-state index contributed by atoms with van der Waals surface area (Å²) in [6.45, 7) is 4.22. The SMILES string of the molecule is CCCOc1ccc2ccccc2c1CN(C)S(=O)(=O)c1ccc(C(C)=O)cc1. The second-order valence-electron chi connectivity index (χ2n) is 6.95. The van der Waals surface area contributed by atoms with Crippen LogP contribution in [0.4, 0.5) is 0 Å². The normalized spacial score (nSPS) is 11.7. The van der Waals surface area contributed by atoms with Crippen LogP contribution in [0.5, 0.6) is 5.75 Å². The number of hydrogen-bond acceptors (Lipinski definition) is 4. The number of nitrogens with zero attached hydrogens (tertiary/aromatic N) is 1. The van der Waals surface area contributed by atoms with Gasteiger partial charge in [0, 0.05) is 24.7 Å². The van der Waals surface area contributed by atoms with Gasteiger partial charge in [-0.3, -0.25) is 4.79 Å². The van der Waals surface area contributed by atoms with E-state index in [0.29, 0.717) is 17.9 Å². The smallest absolute Gasteiger partial charge is 0.243 e. The van der Waals surface area contributed by atoms with Crippen LogP contribution in [0.2, 0.25) is 0 Å². The third-order valence-electron chi connectivity index (χ3n) is 4.81. The molecule has 0 fully saturated rings. The first-order valence-corrected chi connectivity index (χ1v) is 11.0. The predicted molar refractivity (Wildman–Crippen MR) is 115 cm³/mol. The van der Waals surface area contributed by atoms with Crippen LogP contribution in [0.3, 0.4) is 0 Å². The molecule has 0 saturated heterocycles. The van der Waals surface area contributed by atoms with E-state index in [-0.39, 0.29) is 17.2 Å². The Kier molecular flexibility index (Phi) is 6.35. The second kappa shape index (κ2) is 8.76. The Morgan fingerprint density at radius 3 is 2.34 bits per heavy atom. The molecule has 0 aliphatic heterocycles. The molecule has 0 saturated carbocycles. The Hall–Kier alpha value is -2.70. The van der Waals surface area contributed by atoms with Crippen LogP contribution >= 0.6 is 0 Å². The van der Waals surface area contributed by atoms with Gasteiger partial charge in [0.2, 0.25) is 10.0 Å². The Bertz CT molecular complexity index is 1120. The highest BCUT2D eigenvalue weighted by molar-refractivity contribution is 7.89. The first-order chi connectivity index (χ1) is 13.8. The van der Waals surface area contributed by atoms with Crippen molar-refractivity contribution >= 4 is 26.6 Å². The molecule has 3 aromatic carbocycles. The van der Waals surface area contributed by atoms with Crippen LogP contribution in [0.15, 0.2) is 65.6 Å². The standard InChI is InChI=1S/C23H25NO4S/c1-4-15-28-23-14-11-19-7-5-6-8-21(19)22(23)16-24(3)29(26,27)20-12-9-18(10-13-20)17(2)25/h5-14H,4,15-16H2,1-3H3. The number of hydrogen-bond donors (Lipinski definition) is 0. The van der Waals surface area contributed by atoms with E-state index in [1.807, 2.05) is 43.3 Å². The molecule has 0 bridgehead atoms. The van der Waals surface area contributed by atoms with Gasteiger partial charge in [0.25, 0.3) is 0 Å². The van der Waals surface area contributed by atoms with Gasteiger partial charge in [-0.2, -0.15) is 4.31 Å². The van der Waals surface area contributed by atoms with Crippen molar-refractivity contribution in [3.8, 4) is 5.75 Å². The number of rotatable bonds is 8. The monoisotopic (exact) mass is 411 g/mol. The van der Waals surface area contributed by atoms with E-state index in [9.17, 15) is 13.2 Å². The molecule has 0 aliphatic carbocycles. The summed E-state index contributed by atoms with van der Waals surface area (Å²) in [5, 5.41) is 2.00. The van der Waals surface area contributed by atoms with Gasteiger partial charge in [0.1, 0.15) is 5.75 Å². The minimum atomic E-state index is -3.72. The van der Waals surface area contributed by atoms with Gasteiger partial charge in [0.05, 0.1) is 11.5 Å². The van der Waals surface area contributed by atoms with Crippen molar-refractivity contribution in [2.45, 2.75) is 31.7 Å². The zero-order valence-corrected chi connectivity index (χ0v) is 17.7. The fourth-order valence-electron chi connectivity index (χ4n) is 3.18. The van der Waals surface area contributed by atoms with E-state index in [1.54, 1.807) is 7.05 Å².